The molecule has 122 valence electrons. The molecule has 6 nitrogen and oxygen atoms in total. The van der Waals surface area contributed by atoms with E-state index in [4.69, 9.17) is 14.2 Å². The largest absolute Gasteiger partial charge is 0.496 e. The maximum atomic E-state index is 12.9. The minimum Gasteiger partial charge on any atom is -0.496 e. The summed E-state index contributed by atoms with van der Waals surface area (Å²) in [4.78, 5) is 17.0. The molecular weight excluding hydrogens is 284 g/mol. The molecule has 0 aliphatic carbocycles. The molecule has 1 aromatic rings. The predicted molar refractivity (Wildman–Crippen MR) is 84.1 cm³/mol. The van der Waals surface area contributed by atoms with Crippen LogP contribution in [0, 0.1) is 0 Å². The van der Waals surface area contributed by atoms with Crippen molar-refractivity contribution in [2.75, 3.05) is 54.1 Å². The summed E-state index contributed by atoms with van der Waals surface area (Å²) >= 11 is 0. The maximum Gasteiger partial charge on any atom is 0.261 e. The van der Waals surface area contributed by atoms with Gasteiger partial charge >= 0.3 is 0 Å². The van der Waals surface area contributed by atoms with Crippen LogP contribution in [0.5, 0.6) is 17.2 Å². The van der Waals surface area contributed by atoms with Gasteiger partial charge in [-0.25, -0.2) is 0 Å². The van der Waals surface area contributed by atoms with Gasteiger partial charge in [-0.2, -0.15) is 0 Å². The van der Waals surface area contributed by atoms with Gasteiger partial charge in [-0.3, -0.25) is 4.79 Å². The molecule has 1 aromatic carbocycles. The predicted octanol–water partition coefficient (Wildman–Crippen LogP) is 1.49. The Labute approximate surface area is 131 Å². The van der Waals surface area contributed by atoms with Crippen LogP contribution >= 0.6 is 0 Å². The van der Waals surface area contributed by atoms with Gasteiger partial charge in [0.25, 0.3) is 5.91 Å². The van der Waals surface area contributed by atoms with Crippen LogP contribution in [0.1, 0.15) is 17.3 Å². The number of benzene rings is 1. The van der Waals surface area contributed by atoms with Gasteiger partial charge in [0.2, 0.25) is 0 Å². The summed E-state index contributed by atoms with van der Waals surface area (Å²) in [5, 5.41) is 0. The molecule has 0 saturated carbocycles. The Bertz CT molecular complexity index is 500. The second-order valence-corrected chi connectivity index (χ2v) is 5.13. The van der Waals surface area contributed by atoms with E-state index in [1.54, 1.807) is 33.5 Å². The fourth-order valence-corrected chi connectivity index (χ4v) is 2.64. The third kappa shape index (κ3) is 3.27. The van der Waals surface area contributed by atoms with Gasteiger partial charge in [0.05, 0.1) is 21.3 Å². The number of amides is 1. The number of ether oxygens (including phenoxy) is 3. The van der Waals surface area contributed by atoms with Crippen LogP contribution in [-0.4, -0.2) is 69.8 Å². The highest BCUT2D eigenvalue weighted by Gasteiger charge is 2.27. The molecule has 1 fully saturated rings. The van der Waals surface area contributed by atoms with Crippen molar-refractivity contribution < 1.29 is 19.0 Å². The summed E-state index contributed by atoms with van der Waals surface area (Å²) in [6.45, 7) is 6.35. The first-order valence-corrected chi connectivity index (χ1v) is 7.46. The Morgan fingerprint density at radius 3 is 1.95 bits per heavy atom. The minimum absolute atomic E-state index is 0.0629. The third-order valence-electron chi connectivity index (χ3n) is 4.04. The van der Waals surface area contributed by atoms with Crippen LogP contribution in [0.15, 0.2) is 12.1 Å². The molecule has 0 unspecified atom stereocenters. The molecule has 1 aliphatic rings. The van der Waals surface area contributed by atoms with E-state index in [9.17, 15) is 4.79 Å². The zero-order valence-corrected chi connectivity index (χ0v) is 13.7. The first kappa shape index (κ1) is 16.4. The summed E-state index contributed by atoms with van der Waals surface area (Å²) in [6.07, 6.45) is 0. The average molecular weight is 308 g/mol. The lowest BCUT2D eigenvalue weighted by Gasteiger charge is -2.34. The molecule has 0 N–H and O–H groups in total. The van der Waals surface area contributed by atoms with Gasteiger partial charge in [0.15, 0.2) is 0 Å². The monoisotopic (exact) mass is 308 g/mol. The van der Waals surface area contributed by atoms with Crippen LogP contribution in [0.2, 0.25) is 0 Å². The first-order valence-electron chi connectivity index (χ1n) is 7.46. The van der Waals surface area contributed by atoms with Gasteiger partial charge < -0.3 is 24.0 Å². The molecule has 0 spiro atoms. The maximum absolute atomic E-state index is 12.9. The Kier molecular flexibility index (Phi) is 5.49. The molecule has 1 heterocycles. The third-order valence-corrected chi connectivity index (χ3v) is 4.04. The Morgan fingerprint density at radius 1 is 1.00 bits per heavy atom. The van der Waals surface area contributed by atoms with Crippen molar-refractivity contribution in [2.45, 2.75) is 6.92 Å². The summed E-state index contributed by atoms with van der Waals surface area (Å²) in [6, 6.07) is 3.41. The molecule has 22 heavy (non-hydrogen) atoms. The van der Waals surface area contributed by atoms with Crippen molar-refractivity contribution in [3.63, 3.8) is 0 Å². The van der Waals surface area contributed by atoms with E-state index in [0.29, 0.717) is 35.9 Å². The van der Waals surface area contributed by atoms with Crippen LogP contribution in [-0.2, 0) is 0 Å². The van der Waals surface area contributed by atoms with E-state index in [-0.39, 0.29) is 5.91 Å². The Morgan fingerprint density at radius 2 is 1.55 bits per heavy atom. The fraction of sp³-hybridized carbons (Fsp3) is 0.562. The van der Waals surface area contributed by atoms with Crippen molar-refractivity contribution in [1.82, 2.24) is 9.80 Å². The highest BCUT2D eigenvalue weighted by Crippen LogP contribution is 2.35. The SMILES string of the molecule is CCN1CCN(C(=O)c2c(OC)cc(OC)cc2OC)CC1. The normalized spacial score (nSPS) is 15.5. The zero-order valence-electron chi connectivity index (χ0n) is 13.7. The van der Waals surface area contributed by atoms with Gasteiger partial charge in [0, 0.05) is 38.3 Å². The fourth-order valence-electron chi connectivity index (χ4n) is 2.64. The molecule has 0 radical (unpaired) electrons. The number of nitrogens with zero attached hydrogens (tertiary/aromatic N) is 2. The lowest BCUT2D eigenvalue weighted by atomic mass is 10.1. The van der Waals surface area contributed by atoms with Gasteiger partial charge in [0.1, 0.15) is 22.8 Å². The van der Waals surface area contributed by atoms with Crippen molar-refractivity contribution in [3.05, 3.63) is 17.7 Å². The Hall–Kier alpha value is -1.95. The number of hydrogen-bond donors (Lipinski definition) is 0. The lowest BCUT2D eigenvalue weighted by molar-refractivity contribution is 0.0636. The average Bonchev–Trinajstić information content (AvgIpc) is 2.59. The smallest absolute Gasteiger partial charge is 0.261 e. The number of rotatable bonds is 5. The van der Waals surface area contributed by atoms with Gasteiger partial charge in [-0.15, -0.1) is 0 Å². The first-order chi connectivity index (χ1) is 10.6. The van der Waals surface area contributed by atoms with Gasteiger partial charge in [-0.05, 0) is 6.54 Å². The Balaban J connectivity index is 2.28. The lowest BCUT2D eigenvalue weighted by Crippen LogP contribution is -2.48. The quantitative estimate of drug-likeness (QED) is 0.825. The number of methoxy groups -OCH3 is 3. The van der Waals surface area contributed by atoms with E-state index < -0.39 is 0 Å². The van der Waals surface area contributed by atoms with E-state index in [2.05, 4.69) is 11.8 Å². The van der Waals surface area contributed by atoms with E-state index >= 15 is 0 Å². The topological polar surface area (TPSA) is 51.2 Å². The molecular formula is C16H24N2O4. The second kappa shape index (κ2) is 7.35. The van der Waals surface area contributed by atoms with Crippen molar-refractivity contribution in [3.8, 4) is 17.2 Å². The number of carbonyl (C=O) groups excluding carboxylic acids is 1. The van der Waals surface area contributed by atoms with Crippen LogP contribution in [0.3, 0.4) is 0 Å². The number of hydrogen-bond acceptors (Lipinski definition) is 5. The van der Waals surface area contributed by atoms with E-state index in [1.807, 2.05) is 4.90 Å². The van der Waals surface area contributed by atoms with Gasteiger partial charge in [-0.1, -0.05) is 6.92 Å². The van der Waals surface area contributed by atoms with Crippen molar-refractivity contribution in [2.24, 2.45) is 0 Å². The summed E-state index contributed by atoms with van der Waals surface area (Å²) in [5.74, 6) is 1.48. The van der Waals surface area contributed by atoms with Crippen LogP contribution in [0.4, 0.5) is 0 Å². The van der Waals surface area contributed by atoms with Crippen molar-refractivity contribution >= 4 is 5.91 Å². The van der Waals surface area contributed by atoms with Crippen molar-refractivity contribution in [1.29, 1.82) is 0 Å². The van der Waals surface area contributed by atoms with E-state index in [1.165, 1.54) is 0 Å². The number of likely N-dealkylation sites (N-methyl/N-ethyl adjacent to an activating group) is 1. The molecule has 0 aromatic heterocycles. The molecule has 1 amide bonds. The van der Waals surface area contributed by atoms with E-state index in [0.717, 1.165) is 19.6 Å². The summed E-state index contributed by atoms with van der Waals surface area (Å²) < 4.78 is 15.9. The second-order valence-electron chi connectivity index (χ2n) is 5.13. The zero-order chi connectivity index (χ0) is 16.1. The molecule has 0 atom stereocenters. The standard InChI is InChI=1S/C16H24N2O4/c1-5-17-6-8-18(9-7-17)16(19)15-13(21-3)10-12(20-2)11-14(15)22-4/h10-11H,5-9H2,1-4H3. The molecule has 6 heteroatoms. The van der Waals surface area contributed by atoms with Crippen LogP contribution < -0.4 is 14.2 Å². The molecule has 1 aliphatic heterocycles. The molecule has 0 bridgehead atoms. The highest BCUT2D eigenvalue weighted by atomic mass is 16.5. The van der Waals surface area contributed by atoms with Crippen LogP contribution in [0.25, 0.3) is 0 Å². The number of carbonyl (C=O) groups is 1. The highest BCUT2D eigenvalue weighted by molar-refractivity contribution is 6.00. The molecule has 1 saturated heterocycles. The number of piperazine rings is 1. The molecule has 2 rings (SSSR count). The summed E-state index contributed by atoms with van der Waals surface area (Å²) in [5.41, 5.74) is 0.454. The summed E-state index contributed by atoms with van der Waals surface area (Å²) in [7, 11) is 4.65. The minimum atomic E-state index is -0.0629.